The molecule has 1 unspecified atom stereocenters. The van der Waals surface area contributed by atoms with Crippen LogP contribution in [0.4, 0.5) is 10.2 Å². The van der Waals surface area contributed by atoms with E-state index in [1.165, 1.54) is 24.8 Å². The van der Waals surface area contributed by atoms with Gasteiger partial charge >= 0.3 is 0 Å². The van der Waals surface area contributed by atoms with Crippen LogP contribution in [-0.2, 0) is 4.74 Å². The molecule has 0 saturated carbocycles. The average Bonchev–Trinajstić information content (AvgIpc) is 3.35. The van der Waals surface area contributed by atoms with E-state index in [0.29, 0.717) is 22.9 Å². The van der Waals surface area contributed by atoms with E-state index in [4.69, 9.17) is 4.74 Å². The third kappa shape index (κ3) is 3.55. The van der Waals surface area contributed by atoms with Crippen LogP contribution in [0, 0.1) is 5.82 Å². The van der Waals surface area contributed by atoms with Gasteiger partial charge in [0.25, 0.3) is 0 Å². The molecule has 164 valence electrons. The highest BCUT2D eigenvalue weighted by atomic mass is 19.1. The van der Waals surface area contributed by atoms with Crippen molar-refractivity contribution in [2.75, 3.05) is 24.6 Å². The van der Waals surface area contributed by atoms with Crippen molar-refractivity contribution < 1.29 is 24.4 Å². The lowest BCUT2D eigenvalue weighted by atomic mass is 9.89. The van der Waals surface area contributed by atoms with E-state index in [1.54, 1.807) is 4.57 Å². The Hall–Kier alpha value is -2.66. The number of hydrogen-bond donors (Lipinski definition) is 3. The van der Waals surface area contributed by atoms with E-state index in [9.17, 15) is 19.7 Å². The second-order valence-electron chi connectivity index (χ2n) is 8.06. The second-order valence-corrected chi connectivity index (χ2v) is 8.06. The van der Waals surface area contributed by atoms with E-state index in [2.05, 4.69) is 19.9 Å². The first-order valence-corrected chi connectivity index (χ1v) is 10.4. The summed E-state index contributed by atoms with van der Waals surface area (Å²) < 4.78 is 20.4. The maximum Gasteiger partial charge on any atom is 0.167 e. The standard InChI is InChI=1S/C21H24FN5O4/c22-14-3-1-12(2-4-14)13-5-7-26(8-6-13)19-16-20(24-10-23-19)27(11-25-16)21-18(30)17(29)15(9-28)31-21/h1-4,10-11,13,15,17-18,21,28-30H,5-9H2/t15-,17-,18-,21?/m1/s1. The lowest BCUT2D eigenvalue weighted by Gasteiger charge is -2.33. The van der Waals surface area contributed by atoms with E-state index >= 15 is 0 Å². The Morgan fingerprint density at radius 3 is 2.45 bits per heavy atom. The summed E-state index contributed by atoms with van der Waals surface area (Å²) in [6, 6.07) is 6.70. The number of aliphatic hydroxyl groups excluding tert-OH is 3. The summed E-state index contributed by atoms with van der Waals surface area (Å²) in [5, 5.41) is 29.8. The quantitative estimate of drug-likeness (QED) is 0.562. The van der Waals surface area contributed by atoms with Crippen LogP contribution in [0.1, 0.15) is 30.6 Å². The molecule has 9 nitrogen and oxygen atoms in total. The van der Waals surface area contributed by atoms with Gasteiger partial charge in [-0.15, -0.1) is 0 Å². The minimum absolute atomic E-state index is 0.227. The van der Waals surface area contributed by atoms with Crippen LogP contribution in [0.15, 0.2) is 36.9 Å². The number of fused-ring (bicyclic) bond motifs is 1. The summed E-state index contributed by atoms with van der Waals surface area (Å²) in [5.41, 5.74) is 2.21. The summed E-state index contributed by atoms with van der Waals surface area (Å²) in [4.78, 5) is 15.4. The number of hydrogen-bond acceptors (Lipinski definition) is 8. The Morgan fingerprint density at radius 1 is 1.03 bits per heavy atom. The number of aliphatic hydroxyl groups is 3. The summed E-state index contributed by atoms with van der Waals surface area (Å²) in [5.74, 6) is 0.841. The minimum Gasteiger partial charge on any atom is -0.394 e. The van der Waals surface area contributed by atoms with E-state index < -0.39 is 31.1 Å². The Labute approximate surface area is 177 Å². The molecule has 2 aliphatic rings. The molecule has 2 saturated heterocycles. The molecule has 2 aliphatic heterocycles. The van der Waals surface area contributed by atoms with Crippen LogP contribution in [0.2, 0.25) is 0 Å². The Morgan fingerprint density at radius 2 is 1.77 bits per heavy atom. The van der Waals surface area contributed by atoms with Crippen LogP contribution < -0.4 is 4.90 Å². The zero-order chi connectivity index (χ0) is 21.5. The van der Waals surface area contributed by atoms with Gasteiger partial charge in [0, 0.05) is 13.1 Å². The number of benzene rings is 1. The minimum atomic E-state index is -1.21. The molecule has 31 heavy (non-hydrogen) atoms. The van der Waals surface area contributed by atoms with Crippen molar-refractivity contribution in [1.29, 1.82) is 0 Å². The molecule has 0 amide bonds. The molecule has 3 N–H and O–H groups in total. The maximum absolute atomic E-state index is 13.2. The number of halogens is 1. The zero-order valence-electron chi connectivity index (χ0n) is 16.8. The monoisotopic (exact) mass is 429 g/mol. The second kappa shape index (κ2) is 8.12. The average molecular weight is 429 g/mol. The number of anilines is 1. The Bertz CT molecular complexity index is 1050. The highest BCUT2D eigenvalue weighted by Gasteiger charge is 2.44. The molecule has 0 spiro atoms. The van der Waals surface area contributed by atoms with Crippen molar-refractivity contribution in [3.05, 3.63) is 48.3 Å². The molecule has 1 aromatic carbocycles. The third-order valence-corrected chi connectivity index (χ3v) is 6.27. The van der Waals surface area contributed by atoms with Gasteiger partial charge in [-0.05, 0) is 36.5 Å². The van der Waals surface area contributed by atoms with Crippen LogP contribution in [0.25, 0.3) is 11.2 Å². The summed E-state index contributed by atoms with van der Waals surface area (Å²) in [6.45, 7) is 1.15. The first kappa shape index (κ1) is 20.3. The Balaban J connectivity index is 1.37. The fraction of sp³-hybridized carbons (Fsp3) is 0.476. The fourth-order valence-corrected chi connectivity index (χ4v) is 4.53. The Kier molecular flexibility index (Phi) is 5.30. The van der Waals surface area contributed by atoms with Crippen LogP contribution >= 0.6 is 0 Å². The van der Waals surface area contributed by atoms with E-state index in [0.717, 1.165) is 31.5 Å². The molecule has 5 rings (SSSR count). The van der Waals surface area contributed by atoms with Gasteiger partial charge in [-0.2, -0.15) is 0 Å². The van der Waals surface area contributed by atoms with Crippen molar-refractivity contribution >= 4 is 17.0 Å². The van der Waals surface area contributed by atoms with E-state index in [1.807, 2.05) is 12.1 Å². The molecule has 0 radical (unpaired) electrons. The van der Waals surface area contributed by atoms with Gasteiger partial charge in [-0.1, -0.05) is 12.1 Å². The van der Waals surface area contributed by atoms with Crippen molar-refractivity contribution in [3.8, 4) is 0 Å². The lowest BCUT2D eigenvalue weighted by molar-refractivity contribution is -0.0511. The molecule has 2 fully saturated rings. The lowest BCUT2D eigenvalue weighted by Crippen LogP contribution is -2.34. The van der Waals surface area contributed by atoms with Gasteiger partial charge in [0.15, 0.2) is 23.2 Å². The molecule has 0 bridgehead atoms. The number of aromatic nitrogens is 4. The van der Waals surface area contributed by atoms with Gasteiger partial charge in [-0.3, -0.25) is 4.57 Å². The van der Waals surface area contributed by atoms with Crippen molar-refractivity contribution in [3.63, 3.8) is 0 Å². The first-order chi connectivity index (χ1) is 15.1. The molecular formula is C21H24FN5O4. The van der Waals surface area contributed by atoms with Gasteiger partial charge in [0.05, 0.1) is 12.9 Å². The highest BCUT2D eigenvalue weighted by molar-refractivity contribution is 5.83. The largest absolute Gasteiger partial charge is 0.394 e. The topological polar surface area (TPSA) is 117 Å². The van der Waals surface area contributed by atoms with E-state index in [-0.39, 0.29) is 5.82 Å². The SMILES string of the molecule is OC[C@H]1OC(n2cnc3c(N4CCC(c5ccc(F)cc5)CC4)ncnc32)[C@H](O)[C@@H]1O. The molecule has 4 atom stereocenters. The molecule has 3 aromatic rings. The zero-order valence-corrected chi connectivity index (χ0v) is 16.8. The van der Waals surface area contributed by atoms with Gasteiger partial charge in [-0.25, -0.2) is 19.3 Å². The number of ether oxygens (including phenoxy) is 1. The summed E-state index contributed by atoms with van der Waals surface area (Å²) in [6.07, 6.45) is 0.601. The summed E-state index contributed by atoms with van der Waals surface area (Å²) in [7, 11) is 0. The third-order valence-electron chi connectivity index (χ3n) is 6.27. The maximum atomic E-state index is 13.2. The molecule has 4 heterocycles. The predicted octanol–water partition coefficient (Wildman–Crippen LogP) is 0.961. The normalized spacial score (nSPS) is 27.3. The molecule has 2 aromatic heterocycles. The van der Waals surface area contributed by atoms with Crippen LogP contribution in [0.5, 0.6) is 0 Å². The first-order valence-electron chi connectivity index (χ1n) is 10.4. The number of piperidine rings is 1. The molecule has 0 aliphatic carbocycles. The molecule has 10 heteroatoms. The fourth-order valence-electron chi connectivity index (χ4n) is 4.53. The van der Waals surface area contributed by atoms with Crippen LogP contribution in [0.3, 0.4) is 0 Å². The van der Waals surface area contributed by atoms with Gasteiger partial charge in [0.2, 0.25) is 0 Å². The van der Waals surface area contributed by atoms with Gasteiger partial charge < -0.3 is 25.0 Å². The molecular weight excluding hydrogens is 405 g/mol. The smallest absolute Gasteiger partial charge is 0.167 e. The number of nitrogens with zero attached hydrogens (tertiary/aromatic N) is 5. The highest BCUT2D eigenvalue weighted by Crippen LogP contribution is 2.35. The summed E-state index contributed by atoms with van der Waals surface area (Å²) >= 11 is 0. The van der Waals surface area contributed by atoms with Crippen molar-refractivity contribution in [2.24, 2.45) is 0 Å². The number of imidazole rings is 1. The predicted molar refractivity (Wildman–Crippen MR) is 109 cm³/mol. The van der Waals surface area contributed by atoms with Crippen LogP contribution in [-0.4, -0.2) is 72.8 Å². The number of rotatable bonds is 4. The van der Waals surface area contributed by atoms with Crippen molar-refractivity contribution in [2.45, 2.75) is 43.3 Å². The van der Waals surface area contributed by atoms with Crippen molar-refractivity contribution in [1.82, 2.24) is 19.5 Å². The van der Waals surface area contributed by atoms with Gasteiger partial charge in [0.1, 0.15) is 30.5 Å².